The van der Waals surface area contributed by atoms with Gasteiger partial charge in [-0.05, 0) is 18.6 Å². The number of rotatable bonds is 5. The van der Waals surface area contributed by atoms with Crippen molar-refractivity contribution in [3.8, 4) is 0 Å². The Kier molecular flexibility index (Phi) is 5.99. The molecule has 0 aliphatic rings. The van der Waals surface area contributed by atoms with Crippen LogP contribution >= 0.6 is 46.6 Å². The van der Waals surface area contributed by atoms with Gasteiger partial charge in [-0.25, -0.2) is 4.98 Å². The molecule has 0 saturated carbocycles. The van der Waals surface area contributed by atoms with Gasteiger partial charge in [-0.3, -0.25) is 4.79 Å². The van der Waals surface area contributed by atoms with Gasteiger partial charge in [-0.1, -0.05) is 59.9 Å². The molecular formula is C14H13Cl3N2OS. The second kappa shape index (κ2) is 7.54. The monoisotopic (exact) mass is 362 g/mol. The number of hydrogen-bond donors (Lipinski definition) is 1. The first-order chi connectivity index (χ1) is 10.0. The molecule has 0 bridgehead atoms. The summed E-state index contributed by atoms with van der Waals surface area (Å²) in [6, 6.07) is 4.88. The van der Waals surface area contributed by atoms with E-state index in [1.54, 1.807) is 12.1 Å². The van der Waals surface area contributed by atoms with Gasteiger partial charge in [0.15, 0.2) is 5.16 Å². The highest BCUT2D eigenvalue weighted by molar-refractivity contribution is 7.98. The fraction of sp³-hybridized carbons (Fsp3) is 0.286. The molecule has 0 spiro atoms. The van der Waals surface area contributed by atoms with Gasteiger partial charge in [0.2, 0.25) is 0 Å². The van der Waals surface area contributed by atoms with Gasteiger partial charge in [0.1, 0.15) is 0 Å². The summed E-state index contributed by atoms with van der Waals surface area (Å²) < 4.78 is 0. The van der Waals surface area contributed by atoms with Crippen molar-refractivity contribution >= 4 is 46.6 Å². The van der Waals surface area contributed by atoms with Crippen LogP contribution in [-0.2, 0) is 12.2 Å². The van der Waals surface area contributed by atoms with Crippen LogP contribution in [0.25, 0.3) is 0 Å². The zero-order valence-corrected chi connectivity index (χ0v) is 14.3. The van der Waals surface area contributed by atoms with Crippen molar-refractivity contribution in [1.82, 2.24) is 9.97 Å². The molecule has 112 valence electrons. The smallest absolute Gasteiger partial charge is 0.251 e. The molecule has 0 amide bonds. The van der Waals surface area contributed by atoms with Crippen LogP contribution in [0.3, 0.4) is 0 Å². The summed E-state index contributed by atoms with van der Waals surface area (Å²) in [6.07, 6.45) is 1.71. The Labute approximate surface area is 142 Å². The predicted octanol–water partition coefficient (Wildman–Crippen LogP) is 4.97. The molecule has 0 radical (unpaired) electrons. The van der Waals surface area contributed by atoms with Gasteiger partial charge >= 0.3 is 0 Å². The second-order valence-corrected chi connectivity index (χ2v) is 6.56. The first-order valence-corrected chi connectivity index (χ1v) is 8.48. The van der Waals surface area contributed by atoms with Crippen LogP contribution in [0.1, 0.15) is 24.6 Å². The van der Waals surface area contributed by atoms with Gasteiger partial charge in [0, 0.05) is 28.1 Å². The Morgan fingerprint density at radius 1 is 1.24 bits per heavy atom. The quantitative estimate of drug-likeness (QED) is 0.463. The lowest BCUT2D eigenvalue weighted by Gasteiger charge is -2.08. The maximum atomic E-state index is 11.6. The summed E-state index contributed by atoms with van der Waals surface area (Å²) in [7, 11) is 0. The molecule has 3 nitrogen and oxygen atoms in total. The highest BCUT2D eigenvalue weighted by Crippen LogP contribution is 2.34. The van der Waals surface area contributed by atoms with Gasteiger partial charge in [0.25, 0.3) is 5.56 Å². The van der Waals surface area contributed by atoms with E-state index in [9.17, 15) is 4.79 Å². The number of nitrogens with one attached hydrogen (secondary N) is 1. The van der Waals surface area contributed by atoms with Crippen molar-refractivity contribution in [2.24, 2.45) is 0 Å². The van der Waals surface area contributed by atoms with Crippen LogP contribution in [0.15, 0.2) is 28.2 Å². The van der Waals surface area contributed by atoms with Crippen LogP contribution in [0, 0.1) is 0 Å². The minimum atomic E-state index is -0.153. The average Bonchev–Trinajstić information content (AvgIpc) is 2.43. The van der Waals surface area contributed by atoms with Gasteiger partial charge in [-0.15, -0.1) is 0 Å². The first-order valence-electron chi connectivity index (χ1n) is 6.36. The van der Waals surface area contributed by atoms with E-state index in [2.05, 4.69) is 9.97 Å². The van der Waals surface area contributed by atoms with Crippen molar-refractivity contribution < 1.29 is 0 Å². The molecule has 1 N–H and O–H groups in total. The van der Waals surface area contributed by atoms with Crippen LogP contribution in [-0.4, -0.2) is 9.97 Å². The molecule has 2 rings (SSSR count). The highest BCUT2D eigenvalue weighted by atomic mass is 35.5. The third-order valence-electron chi connectivity index (χ3n) is 2.77. The normalized spacial score (nSPS) is 10.9. The molecule has 0 atom stereocenters. The molecule has 21 heavy (non-hydrogen) atoms. The predicted molar refractivity (Wildman–Crippen MR) is 89.9 cm³/mol. The zero-order chi connectivity index (χ0) is 15.4. The Balaban J connectivity index is 2.21. The largest absolute Gasteiger partial charge is 0.301 e. The maximum absolute atomic E-state index is 11.6. The Bertz CT molecular complexity index is 703. The molecule has 0 aliphatic carbocycles. The zero-order valence-electron chi connectivity index (χ0n) is 11.3. The number of H-pyrrole nitrogens is 1. The Morgan fingerprint density at radius 3 is 2.67 bits per heavy atom. The number of aryl methyl sites for hydroxylation is 1. The van der Waals surface area contributed by atoms with Crippen molar-refractivity contribution in [1.29, 1.82) is 0 Å². The van der Waals surface area contributed by atoms with E-state index in [0.29, 0.717) is 26.0 Å². The number of halogens is 3. The van der Waals surface area contributed by atoms with E-state index in [1.807, 2.05) is 6.92 Å². The minimum Gasteiger partial charge on any atom is -0.301 e. The van der Waals surface area contributed by atoms with E-state index in [1.165, 1.54) is 17.8 Å². The van der Waals surface area contributed by atoms with E-state index >= 15 is 0 Å². The van der Waals surface area contributed by atoms with E-state index in [-0.39, 0.29) is 5.56 Å². The summed E-state index contributed by atoms with van der Waals surface area (Å²) >= 11 is 19.6. The summed E-state index contributed by atoms with van der Waals surface area (Å²) in [6.45, 7) is 2.04. The summed E-state index contributed by atoms with van der Waals surface area (Å²) in [5.41, 5.74) is 1.37. The van der Waals surface area contributed by atoms with E-state index in [4.69, 9.17) is 34.8 Å². The average molecular weight is 364 g/mol. The van der Waals surface area contributed by atoms with Gasteiger partial charge in [-0.2, -0.15) is 0 Å². The third-order valence-corrected chi connectivity index (χ3v) is 4.87. The lowest BCUT2D eigenvalue weighted by Crippen LogP contribution is -2.10. The molecule has 1 aromatic heterocycles. The molecule has 1 heterocycles. The lowest BCUT2D eigenvalue weighted by atomic mass is 10.2. The van der Waals surface area contributed by atoms with Crippen LogP contribution in [0.4, 0.5) is 0 Å². The lowest BCUT2D eigenvalue weighted by molar-refractivity contribution is 0.816. The van der Waals surface area contributed by atoms with E-state index in [0.717, 1.165) is 24.1 Å². The van der Waals surface area contributed by atoms with Crippen molar-refractivity contribution in [2.75, 3.05) is 0 Å². The summed E-state index contributed by atoms with van der Waals surface area (Å²) in [5, 5.41) is 1.99. The van der Waals surface area contributed by atoms with Crippen molar-refractivity contribution in [2.45, 2.75) is 30.7 Å². The standard InChI is InChI=1S/C14H13Cl3N2OS/c1-2-3-8-6-12(20)19-14(18-8)21-7-9-10(15)4-5-11(16)13(9)17/h4-6H,2-3,7H2,1H3,(H,18,19,20). The van der Waals surface area contributed by atoms with Crippen LogP contribution < -0.4 is 5.56 Å². The molecular weight excluding hydrogens is 351 g/mol. The third kappa shape index (κ3) is 4.39. The number of nitrogens with zero attached hydrogens (tertiary/aromatic N) is 1. The summed E-state index contributed by atoms with van der Waals surface area (Å²) in [4.78, 5) is 18.7. The molecule has 0 unspecified atom stereocenters. The fourth-order valence-electron chi connectivity index (χ4n) is 1.78. The topological polar surface area (TPSA) is 45.8 Å². The Morgan fingerprint density at radius 2 is 1.95 bits per heavy atom. The number of aromatic nitrogens is 2. The second-order valence-electron chi connectivity index (χ2n) is 4.40. The van der Waals surface area contributed by atoms with Crippen molar-refractivity contribution in [3.05, 3.63) is 54.9 Å². The fourth-order valence-corrected chi connectivity index (χ4v) is 3.55. The van der Waals surface area contributed by atoms with Crippen LogP contribution in [0.5, 0.6) is 0 Å². The molecule has 7 heteroatoms. The maximum Gasteiger partial charge on any atom is 0.251 e. The SMILES string of the molecule is CCCc1cc(=O)[nH]c(SCc2c(Cl)ccc(Cl)c2Cl)n1. The number of thioether (sulfide) groups is 1. The molecule has 0 aliphatic heterocycles. The molecule has 0 fully saturated rings. The number of benzene rings is 1. The highest BCUT2D eigenvalue weighted by Gasteiger charge is 2.11. The number of hydrogen-bond acceptors (Lipinski definition) is 3. The Hall–Kier alpha value is -0.680. The van der Waals surface area contributed by atoms with Gasteiger partial charge in [0.05, 0.1) is 10.0 Å². The molecule has 1 aromatic carbocycles. The number of aromatic amines is 1. The molecule has 0 saturated heterocycles. The van der Waals surface area contributed by atoms with E-state index < -0.39 is 0 Å². The first kappa shape index (κ1) is 16.7. The van der Waals surface area contributed by atoms with Crippen molar-refractivity contribution in [3.63, 3.8) is 0 Å². The summed E-state index contributed by atoms with van der Waals surface area (Å²) in [5.74, 6) is 0.483. The minimum absolute atomic E-state index is 0.153. The van der Waals surface area contributed by atoms with Gasteiger partial charge < -0.3 is 4.98 Å². The molecule has 2 aromatic rings. The van der Waals surface area contributed by atoms with Crippen LogP contribution in [0.2, 0.25) is 15.1 Å².